The third-order valence-electron chi connectivity index (χ3n) is 5.39. The summed E-state index contributed by atoms with van der Waals surface area (Å²) < 4.78 is 0. The average Bonchev–Trinajstić information content (AvgIpc) is 3.08. The number of carbonyl (C=O) groups excluding carboxylic acids is 1. The molecular formula is C29H39N3OS. The second-order valence-corrected chi connectivity index (χ2v) is 9.23. The molecule has 1 fully saturated rings. The molecule has 4 rings (SSSR count). The number of aryl methyl sites for hydroxylation is 2. The molecule has 0 spiro atoms. The van der Waals surface area contributed by atoms with Crippen LogP contribution in [0.2, 0.25) is 0 Å². The van der Waals surface area contributed by atoms with Crippen molar-refractivity contribution < 1.29 is 4.79 Å². The third kappa shape index (κ3) is 8.23. The molecule has 3 aromatic rings. The topological polar surface area (TPSA) is 56.2 Å². The van der Waals surface area contributed by atoms with Gasteiger partial charge in [-0.15, -0.1) is 11.3 Å². The van der Waals surface area contributed by atoms with Gasteiger partial charge in [-0.1, -0.05) is 87.9 Å². The Bertz CT molecular complexity index is 991. The van der Waals surface area contributed by atoms with Gasteiger partial charge >= 0.3 is 0 Å². The van der Waals surface area contributed by atoms with Crippen molar-refractivity contribution >= 4 is 23.0 Å². The zero-order valence-corrected chi connectivity index (χ0v) is 21.9. The normalized spacial score (nSPS) is 13.0. The largest absolute Gasteiger partial charge is 0.355 e. The van der Waals surface area contributed by atoms with E-state index in [2.05, 4.69) is 47.5 Å². The van der Waals surface area contributed by atoms with Gasteiger partial charge in [-0.05, 0) is 37.9 Å². The van der Waals surface area contributed by atoms with Gasteiger partial charge in [0.05, 0.1) is 4.88 Å². The lowest BCUT2D eigenvalue weighted by Gasteiger charge is -2.23. The highest BCUT2D eigenvalue weighted by atomic mass is 32.1. The van der Waals surface area contributed by atoms with E-state index < -0.39 is 0 Å². The van der Waals surface area contributed by atoms with E-state index in [0.717, 1.165) is 43.0 Å². The number of hydrogen-bond acceptors (Lipinski definition) is 4. The summed E-state index contributed by atoms with van der Waals surface area (Å²) in [6.07, 6.45) is 3.47. The van der Waals surface area contributed by atoms with Crippen LogP contribution in [0.3, 0.4) is 0 Å². The molecule has 2 N–H and O–H groups in total. The highest BCUT2D eigenvalue weighted by Crippen LogP contribution is 2.26. The van der Waals surface area contributed by atoms with Gasteiger partial charge in [-0.3, -0.25) is 10.2 Å². The van der Waals surface area contributed by atoms with Crippen LogP contribution in [0.5, 0.6) is 0 Å². The minimum atomic E-state index is 0.0106. The Morgan fingerprint density at radius 3 is 2.29 bits per heavy atom. The fraction of sp³-hybridized carbons (Fsp3) is 0.379. The molecule has 0 saturated carbocycles. The van der Waals surface area contributed by atoms with Crippen molar-refractivity contribution in [2.24, 2.45) is 0 Å². The molecule has 0 aliphatic carbocycles. The summed E-state index contributed by atoms with van der Waals surface area (Å²) in [5.74, 6) is 0.480. The standard InChI is InChI=1S/C18H21N3OS.C9H12.C2H6/c1-13-12-15(18(19)21-10-5-8-20-9-11-21)17(23-13)16(22)14-6-3-2-4-7-14;1-2-6-9-7-4-3-5-8-9;1-2/h2-4,6-7,12,19-20H,5,8-11H2,1H3;3-5,7-8H,2,6H2,1H3;1-2H3. The lowest BCUT2D eigenvalue weighted by molar-refractivity contribution is 0.104. The first kappa shape index (κ1) is 27.5. The lowest BCUT2D eigenvalue weighted by Crippen LogP contribution is -2.34. The fourth-order valence-corrected chi connectivity index (χ4v) is 4.73. The lowest BCUT2D eigenvalue weighted by atomic mass is 10.1. The van der Waals surface area contributed by atoms with Crippen LogP contribution in [0.4, 0.5) is 0 Å². The highest BCUT2D eigenvalue weighted by molar-refractivity contribution is 7.14. The number of nitrogens with zero attached hydrogens (tertiary/aromatic N) is 1. The van der Waals surface area contributed by atoms with E-state index in [1.54, 1.807) is 0 Å². The van der Waals surface area contributed by atoms with Crippen molar-refractivity contribution in [2.45, 2.75) is 47.0 Å². The predicted octanol–water partition coefficient (Wildman–Crippen LogP) is 6.57. The number of rotatable bonds is 5. The summed E-state index contributed by atoms with van der Waals surface area (Å²) >= 11 is 1.48. The quantitative estimate of drug-likeness (QED) is 0.248. The van der Waals surface area contributed by atoms with Crippen LogP contribution in [-0.4, -0.2) is 42.7 Å². The average molecular weight is 478 g/mol. The number of benzene rings is 2. The number of thiophene rings is 1. The van der Waals surface area contributed by atoms with Crippen LogP contribution in [0, 0.1) is 12.3 Å². The van der Waals surface area contributed by atoms with Crippen LogP contribution in [0.15, 0.2) is 66.7 Å². The van der Waals surface area contributed by atoms with Crippen molar-refractivity contribution in [3.63, 3.8) is 0 Å². The summed E-state index contributed by atoms with van der Waals surface area (Å²) in [5.41, 5.74) is 2.89. The zero-order chi connectivity index (χ0) is 24.8. The molecule has 0 atom stereocenters. The number of nitrogens with one attached hydrogen (secondary N) is 2. The van der Waals surface area contributed by atoms with Crippen molar-refractivity contribution in [2.75, 3.05) is 26.2 Å². The van der Waals surface area contributed by atoms with E-state index in [4.69, 9.17) is 5.41 Å². The summed E-state index contributed by atoms with van der Waals surface area (Å²) in [7, 11) is 0. The molecule has 2 aromatic carbocycles. The molecular weight excluding hydrogens is 438 g/mol. The first-order valence-electron chi connectivity index (χ1n) is 12.4. The van der Waals surface area contributed by atoms with Gasteiger partial charge in [0, 0.05) is 35.6 Å². The Morgan fingerprint density at radius 2 is 1.65 bits per heavy atom. The van der Waals surface area contributed by atoms with Crippen molar-refractivity contribution in [1.82, 2.24) is 10.2 Å². The van der Waals surface area contributed by atoms with Gasteiger partial charge in [0.25, 0.3) is 0 Å². The monoisotopic (exact) mass is 477 g/mol. The summed E-state index contributed by atoms with van der Waals surface area (Å²) in [4.78, 5) is 16.6. The van der Waals surface area contributed by atoms with Crippen LogP contribution in [-0.2, 0) is 6.42 Å². The molecule has 1 aliphatic rings. The van der Waals surface area contributed by atoms with Gasteiger partial charge < -0.3 is 10.2 Å². The van der Waals surface area contributed by atoms with Crippen LogP contribution >= 0.6 is 11.3 Å². The van der Waals surface area contributed by atoms with E-state index >= 15 is 0 Å². The maximum atomic E-state index is 12.8. The zero-order valence-electron chi connectivity index (χ0n) is 21.1. The minimum absolute atomic E-state index is 0.0106. The molecule has 1 saturated heterocycles. The summed E-state index contributed by atoms with van der Waals surface area (Å²) in [6.45, 7) is 11.7. The molecule has 4 nitrogen and oxygen atoms in total. The Hall–Kier alpha value is -2.76. The predicted molar refractivity (Wildman–Crippen MR) is 147 cm³/mol. The molecule has 0 unspecified atom stereocenters. The van der Waals surface area contributed by atoms with Gasteiger partial charge in [-0.25, -0.2) is 0 Å². The van der Waals surface area contributed by atoms with Crippen LogP contribution in [0.1, 0.15) is 64.9 Å². The number of carbonyl (C=O) groups is 1. The van der Waals surface area contributed by atoms with Gasteiger partial charge in [0.2, 0.25) is 5.78 Å². The molecule has 5 heteroatoms. The van der Waals surface area contributed by atoms with E-state index in [9.17, 15) is 4.79 Å². The van der Waals surface area contributed by atoms with E-state index in [0.29, 0.717) is 16.3 Å². The second-order valence-electron chi connectivity index (χ2n) is 7.97. The van der Waals surface area contributed by atoms with E-state index in [1.807, 2.05) is 57.2 Å². The smallest absolute Gasteiger partial charge is 0.203 e. The number of hydrogen-bond donors (Lipinski definition) is 2. The first-order chi connectivity index (χ1) is 16.6. The molecule has 0 amide bonds. The highest BCUT2D eigenvalue weighted by Gasteiger charge is 2.23. The third-order valence-corrected chi connectivity index (χ3v) is 6.44. The van der Waals surface area contributed by atoms with Crippen LogP contribution < -0.4 is 5.32 Å². The maximum Gasteiger partial charge on any atom is 0.203 e. The van der Waals surface area contributed by atoms with Crippen molar-refractivity contribution in [3.05, 3.63) is 93.2 Å². The van der Waals surface area contributed by atoms with Gasteiger partial charge in [0.1, 0.15) is 5.84 Å². The number of ketones is 1. The Labute approximate surface area is 209 Å². The first-order valence-corrected chi connectivity index (χ1v) is 13.2. The second kappa shape index (κ2) is 15.2. The summed E-state index contributed by atoms with van der Waals surface area (Å²) in [5, 5.41) is 11.9. The Morgan fingerprint density at radius 1 is 1.00 bits per heavy atom. The maximum absolute atomic E-state index is 12.8. The molecule has 2 heterocycles. The Kier molecular flexibility index (Phi) is 12.3. The van der Waals surface area contributed by atoms with Crippen molar-refractivity contribution in [3.8, 4) is 0 Å². The number of amidine groups is 1. The molecule has 0 bridgehead atoms. The van der Waals surface area contributed by atoms with Crippen LogP contribution in [0.25, 0.3) is 0 Å². The summed E-state index contributed by atoms with van der Waals surface area (Å²) in [6, 6.07) is 21.9. The van der Waals surface area contributed by atoms with Gasteiger partial charge in [0.15, 0.2) is 0 Å². The SMILES string of the molecule is CC.CCCc1ccccc1.Cc1cc(C(=N)N2CCCNCC2)c(C(=O)c2ccccc2)s1. The molecule has 1 aliphatic heterocycles. The van der Waals surface area contributed by atoms with Crippen molar-refractivity contribution in [1.29, 1.82) is 5.41 Å². The molecule has 1 aromatic heterocycles. The Balaban J connectivity index is 0.000000311. The van der Waals surface area contributed by atoms with E-state index in [-0.39, 0.29) is 5.78 Å². The minimum Gasteiger partial charge on any atom is -0.355 e. The fourth-order valence-electron chi connectivity index (χ4n) is 3.75. The van der Waals surface area contributed by atoms with Gasteiger partial charge in [-0.2, -0.15) is 0 Å². The molecule has 0 radical (unpaired) electrons. The van der Waals surface area contributed by atoms with E-state index in [1.165, 1.54) is 29.7 Å². The molecule has 182 valence electrons. The molecule has 34 heavy (non-hydrogen) atoms.